The van der Waals surface area contributed by atoms with Crippen molar-refractivity contribution in [2.45, 2.75) is 19.4 Å². The van der Waals surface area contributed by atoms with E-state index in [-0.39, 0.29) is 12.5 Å². The van der Waals surface area contributed by atoms with Gasteiger partial charge in [-0.3, -0.25) is 4.79 Å². The normalized spacial score (nSPS) is 10.7. The number of carboxylic acid groups (broad SMARTS) is 1. The summed E-state index contributed by atoms with van der Waals surface area (Å²) >= 11 is 0. The van der Waals surface area contributed by atoms with Crippen LogP contribution in [0, 0.1) is 0 Å². The highest BCUT2D eigenvalue weighted by molar-refractivity contribution is 5.88. The second-order valence-corrected chi connectivity index (χ2v) is 4.56. The first-order valence-electron chi connectivity index (χ1n) is 5.73. The van der Waals surface area contributed by atoms with Crippen LogP contribution in [0.15, 0.2) is 0 Å². The molecule has 8 nitrogen and oxygen atoms in total. The predicted molar refractivity (Wildman–Crippen MR) is 67.8 cm³/mol. The molecule has 0 radical (unpaired) electrons. The molecule has 0 aromatic heterocycles. The van der Waals surface area contributed by atoms with Gasteiger partial charge in [-0.25, -0.2) is 9.59 Å². The summed E-state index contributed by atoms with van der Waals surface area (Å²) in [6.07, 6.45) is 0. The van der Waals surface area contributed by atoms with Gasteiger partial charge in [0.15, 0.2) is 0 Å². The quantitative estimate of drug-likeness (QED) is 0.530. The van der Waals surface area contributed by atoms with Crippen molar-refractivity contribution >= 4 is 17.9 Å². The maximum absolute atomic E-state index is 11.7. The predicted octanol–water partition coefficient (Wildman–Crippen LogP) is -0.746. The first-order valence-corrected chi connectivity index (χ1v) is 5.73. The fraction of sp³-hybridized carbons (Fsp3) is 0.727. The van der Waals surface area contributed by atoms with Gasteiger partial charge in [-0.1, -0.05) is 0 Å². The lowest BCUT2D eigenvalue weighted by Gasteiger charge is -2.25. The molecular formula is C11H21N3O5. The number of likely N-dealkylation sites (N-methyl/N-ethyl adjacent to an activating group) is 1. The Labute approximate surface area is 112 Å². The summed E-state index contributed by atoms with van der Waals surface area (Å²) in [7, 11) is 2.92. The van der Waals surface area contributed by atoms with E-state index >= 15 is 0 Å². The molecular weight excluding hydrogens is 254 g/mol. The van der Waals surface area contributed by atoms with Crippen molar-refractivity contribution in [2.24, 2.45) is 0 Å². The van der Waals surface area contributed by atoms with Crippen LogP contribution in [0.2, 0.25) is 0 Å². The van der Waals surface area contributed by atoms with Crippen molar-refractivity contribution < 1.29 is 24.2 Å². The zero-order valence-corrected chi connectivity index (χ0v) is 11.6. The number of hydrogen-bond donors (Lipinski definition) is 3. The molecule has 0 aliphatic heterocycles. The zero-order valence-electron chi connectivity index (χ0n) is 11.6. The van der Waals surface area contributed by atoms with Gasteiger partial charge in [0.05, 0.1) is 6.61 Å². The zero-order chi connectivity index (χ0) is 15.1. The van der Waals surface area contributed by atoms with Crippen molar-refractivity contribution in [1.82, 2.24) is 15.5 Å². The Morgan fingerprint density at radius 2 is 1.89 bits per heavy atom. The maximum Gasteiger partial charge on any atom is 0.328 e. The molecule has 0 aliphatic carbocycles. The average Bonchev–Trinajstić information content (AvgIpc) is 2.28. The highest BCUT2D eigenvalue weighted by Crippen LogP contribution is 2.02. The summed E-state index contributed by atoms with van der Waals surface area (Å²) < 4.78 is 4.76. The third kappa shape index (κ3) is 6.61. The summed E-state index contributed by atoms with van der Waals surface area (Å²) in [6.45, 7) is 3.30. The number of amides is 3. The highest BCUT2D eigenvalue weighted by Gasteiger charge is 2.30. The molecule has 0 unspecified atom stereocenters. The Hall–Kier alpha value is -1.83. The summed E-state index contributed by atoms with van der Waals surface area (Å²) in [5, 5.41) is 13.7. The van der Waals surface area contributed by atoms with Crippen LogP contribution in [0.5, 0.6) is 0 Å². The van der Waals surface area contributed by atoms with E-state index in [2.05, 4.69) is 10.6 Å². The van der Waals surface area contributed by atoms with Gasteiger partial charge in [-0.2, -0.15) is 0 Å². The number of carbonyl (C=O) groups excluding carboxylic acids is 2. The SMILES string of the molecule is COCCNC(=O)CN(C)C(=O)NC(C)(C)C(=O)O. The third-order valence-corrected chi connectivity index (χ3v) is 2.31. The number of methoxy groups -OCH3 is 1. The van der Waals surface area contributed by atoms with Gasteiger partial charge in [-0.15, -0.1) is 0 Å². The van der Waals surface area contributed by atoms with E-state index in [4.69, 9.17) is 9.84 Å². The number of urea groups is 1. The van der Waals surface area contributed by atoms with Crippen LogP contribution < -0.4 is 10.6 Å². The second-order valence-electron chi connectivity index (χ2n) is 4.56. The fourth-order valence-electron chi connectivity index (χ4n) is 1.05. The standard InChI is InChI=1S/C11H21N3O5/c1-11(2,9(16)17)13-10(18)14(3)7-8(15)12-5-6-19-4/h5-7H2,1-4H3,(H,12,15)(H,13,18)(H,16,17). The Kier molecular flexibility index (Phi) is 6.84. The molecule has 3 N–H and O–H groups in total. The molecule has 110 valence electrons. The van der Waals surface area contributed by atoms with Gasteiger partial charge in [-0.05, 0) is 13.8 Å². The van der Waals surface area contributed by atoms with Gasteiger partial charge in [0, 0.05) is 20.7 Å². The number of nitrogens with zero attached hydrogens (tertiary/aromatic N) is 1. The molecule has 0 saturated heterocycles. The average molecular weight is 275 g/mol. The van der Waals surface area contributed by atoms with Crippen LogP contribution in [0.25, 0.3) is 0 Å². The van der Waals surface area contributed by atoms with Crippen LogP contribution in [-0.2, 0) is 14.3 Å². The Morgan fingerprint density at radius 3 is 2.37 bits per heavy atom. The van der Waals surface area contributed by atoms with Crippen LogP contribution in [0.4, 0.5) is 4.79 Å². The monoisotopic (exact) mass is 275 g/mol. The molecule has 0 bridgehead atoms. The Balaban J connectivity index is 4.20. The lowest BCUT2D eigenvalue weighted by atomic mass is 10.1. The minimum absolute atomic E-state index is 0.161. The number of ether oxygens (including phenoxy) is 1. The van der Waals surface area contributed by atoms with Gasteiger partial charge in [0.2, 0.25) is 5.91 Å². The van der Waals surface area contributed by atoms with Crippen LogP contribution >= 0.6 is 0 Å². The Bertz CT molecular complexity index is 343. The van der Waals surface area contributed by atoms with Crippen molar-refractivity contribution in [2.75, 3.05) is 33.9 Å². The fourth-order valence-corrected chi connectivity index (χ4v) is 1.05. The molecule has 0 aliphatic rings. The van der Waals surface area contributed by atoms with Crippen molar-refractivity contribution in [3.05, 3.63) is 0 Å². The number of carboxylic acids is 1. The lowest BCUT2D eigenvalue weighted by Crippen LogP contribution is -2.54. The van der Waals surface area contributed by atoms with Crippen LogP contribution in [-0.4, -0.2) is 67.3 Å². The van der Waals surface area contributed by atoms with Crippen LogP contribution in [0.3, 0.4) is 0 Å². The third-order valence-electron chi connectivity index (χ3n) is 2.31. The number of nitrogens with one attached hydrogen (secondary N) is 2. The van der Waals surface area contributed by atoms with E-state index in [1.54, 1.807) is 0 Å². The first-order chi connectivity index (χ1) is 8.70. The topological polar surface area (TPSA) is 108 Å². The summed E-state index contributed by atoms with van der Waals surface area (Å²) in [5.74, 6) is -1.50. The highest BCUT2D eigenvalue weighted by atomic mass is 16.5. The van der Waals surface area contributed by atoms with E-state index < -0.39 is 17.5 Å². The van der Waals surface area contributed by atoms with Gasteiger partial charge in [0.25, 0.3) is 0 Å². The molecule has 0 spiro atoms. The molecule has 0 heterocycles. The van der Waals surface area contributed by atoms with E-state index in [9.17, 15) is 14.4 Å². The number of aliphatic carboxylic acids is 1. The van der Waals surface area contributed by atoms with E-state index in [0.29, 0.717) is 13.2 Å². The first kappa shape index (κ1) is 17.2. The summed E-state index contributed by atoms with van der Waals surface area (Å²) in [4.78, 5) is 35.1. The molecule has 0 aromatic rings. The van der Waals surface area contributed by atoms with E-state index in [0.717, 1.165) is 4.90 Å². The van der Waals surface area contributed by atoms with Gasteiger partial charge < -0.3 is 25.4 Å². The molecule has 0 saturated carbocycles. The van der Waals surface area contributed by atoms with Crippen LogP contribution in [0.1, 0.15) is 13.8 Å². The minimum atomic E-state index is -1.39. The molecule has 3 amide bonds. The number of rotatable bonds is 7. The summed E-state index contributed by atoms with van der Waals surface area (Å²) in [5.41, 5.74) is -1.39. The maximum atomic E-state index is 11.7. The Morgan fingerprint density at radius 1 is 1.32 bits per heavy atom. The molecule has 0 fully saturated rings. The van der Waals surface area contributed by atoms with Gasteiger partial charge >= 0.3 is 12.0 Å². The van der Waals surface area contributed by atoms with Gasteiger partial charge in [0.1, 0.15) is 12.1 Å². The van der Waals surface area contributed by atoms with Crippen molar-refractivity contribution in [3.63, 3.8) is 0 Å². The largest absolute Gasteiger partial charge is 0.480 e. The smallest absolute Gasteiger partial charge is 0.328 e. The van der Waals surface area contributed by atoms with E-state index in [1.807, 2.05) is 0 Å². The van der Waals surface area contributed by atoms with Crippen molar-refractivity contribution in [3.8, 4) is 0 Å². The molecule has 8 heteroatoms. The molecule has 0 rings (SSSR count). The number of hydrogen-bond acceptors (Lipinski definition) is 4. The second kappa shape index (κ2) is 7.57. The minimum Gasteiger partial charge on any atom is -0.480 e. The van der Waals surface area contributed by atoms with Crippen molar-refractivity contribution in [1.29, 1.82) is 0 Å². The molecule has 0 aromatic carbocycles. The lowest BCUT2D eigenvalue weighted by molar-refractivity contribution is -0.143. The number of carbonyl (C=O) groups is 3. The molecule has 0 atom stereocenters. The summed E-state index contributed by atoms with van der Waals surface area (Å²) in [6, 6.07) is -0.630. The molecule has 19 heavy (non-hydrogen) atoms. The van der Waals surface area contributed by atoms with E-state index in [1.165, 1.54) is 28.0 Å².